The minimum absolute atomic E-state index is 0.0891. The Morgan fingerprint density at radius 2 is 2.25 bits per heavy atom. The number of furan rings is 1. The fourth-order valence-corrected chi connectivity index (χ4v) is 1.47. The zero-order valence-electron chi connectivity index (χ0n) is 7.63. The van der Waals surface area contributed by atoms with Crippen LogP contribution in [0.2, 0.25) is 0 Å². The summed E-state index contributed by atoms with van der Waals surface area (Å²) < 4.78 is 5.37. The minimum atomic E-state index is 0.0891. The summed E-state index contributed by atoms with van der Waals surface area (Å²) in [5.74, 6) is 0.938. The van der Waals surface area contributed by atoms with Crippen LogP contribution in [0.3, 0.4) is 0 Å². The summed E-state index contributed by atoms with van der Waals surface area (Å²) in [5.41, 5.74) is 7.52. The zero-order valence-corrected chi connectivity index (χ0v) is 7.63. The molecule has 0 saturated heterocycles. The molecule has 1 atom stereocenters. The fourth-order valence-electron chi connectivity index (χ4n) is 1.47. The van der Waals surface area contributed by atoms with Crippen LogP contribution >= 0.6 is 0 Å². The molecule has 1 heterocycles. The van der Waals surface area contributed by atoms with E-state index in [-0.39, 0.29) is 6.04 Å². The van der Waals surface area contributed by atoms with Crippen molar-refractivity contribution in [3.05, 3.63) is 23.7 Å². The molecule has 1 aliphatic rings. The number of rotatable bonds is 2. The van der Waals surface area contributed by atoms with Gasteiger partial charge in [-0.1, -0.05) is 6.92 Å². The molecule has 1 aliphatic carbocycles. The molecule has 0 spiro atoms. The van der Waals surface area contributed by atoms with Crippen LogP contribution in [0.5, 0.6) is 0 Å². The van der Waals surface area contributed by atoms with E-state index in [4.69, 9.17) is 10.2 Å². The van der Waals surface area contributed by atoms with Crippen molar-refractivity contribution in [1.82, 2.24) is 0 Å². The summed E-state index contributed by atoms with van der Waals surface area (Å²) in [6, 6.07) is 2.13. The maximum absolute atomic E-state index is 6.05. The predicted octanol–water partition coefficient (Wildman–Crippen LogP) is 2.39. The molecule has 66 valence electrons. The summed E-state index contributed by atoms with van der Waals surface area (Å²) in [6.07, 6.45) is 4.22. The monoisotopic (exact) mass is 165 g/mol. The van der Waals surface area contributed by atoms with Gasteiger partial charge >= 0.3 is 0 Å². The van der Waals surface area contributed by atoms with Crippen molar-refractivity contribution >= 4 is 0 Å². The molecule has 1 aromatic rings. The van der Waals surface area contributed by atoms with Gasteiger partial charge in [-0.3, -0.25) is 0 Å². The lowest BCUT2D eigenvalue weighted by molar-refractivity contribution is 0.368. The lowest BCUT2D eigenvalue weighted by atomic mass is 9.97. The van der Waals surface area contributed by atoms with Gasteiger partial charge in [-0.25, -0.2) is 0 Å². The summed E-state index contributed by atoms with van der Waals surface area (Å²) in [4.78, 5) is 0. The van der Waals surface area contributed by atoms with Gasteiger partial charge in [0.2, 0.25) is 0 Å². The van der Waals surface area contributed by atoms with Crippen molar-refractivity contribution in [3.63, 3.8) is 0 Å². The first-order chi connectivity index (χ1) is 5.62. The first-order valence-corrected chi connectivity index (χ1v) is 4.42. The van der Waals surface area contributed by atoms with Crippen molar-refractivity contribution in [1.29, 1.82) is 0 Å². The Balaban J connectivity index is 2.19. The van der Waals surface area contributed by atoms with Crippen molar-refractivity contribution in [3.8, 4) is 0 Å². The summed E-state index contributed by atoms with van der Waals surface area (Å²) in [7, 11) is 0. The average Bonchev–Trinajstić information content (AvgIpc) is 2.62. The van der Waals surface area contributed by atoms with Gasteiger partial charge in [0.1, 0.15) is 5.76 Å². The standard InChI is InChI=1S/C10H15NO/c1-7-5-8(12-6-7)9(11)10(2)3-4-10/h5-6,9H,3-4,11H2,1-2H3/t9-/m0/s1. The third-order valence-electron chi connectivity index (χ3n) is 2.85. The molecule has 0 radical (unpaired) electrons. The highest BCUT2D eigenvalue weighted by Gasteiger charge is 2.44. The Morgan fingerprint density at radius 3 is 2.67 bits per heavy atom. The van der Waals surface area contributed by atoms with Crippen LogP contribution in [0.15, 0.2) is 16.7 Å². The van der Waals surface area contributed by atoms with Crippen LogP contribution in [0.25, 0.3) is 0 Å². The molecule has 0 unspecified atom stereocenters. The molecular formula is C10H15NO. The molecule has 2 N–H and O–H groups in total. The lowest BCUT2D eigenvalue weighted by Crippen LogP contribution is -2.19. The molecule has 1 fully saturated rings. The molecule has 0 aromatic carbocycles. The molecule has 2 nitrogen and oxygen atoms in total. The maximum atomic E-state index is 6.05. The highest BCUT2D eigenvalue weighted by molar-refractivity contribution is 5.17. The van der Waals surface area contributed by atoms with Crippen LogP contribution in [-0.4, -0.2) is 0 Å². The molecule has 0 amide bonds. The second-order valence-corrected chi connectivity index (χ2v) is 4.16. The van der Waals surface area contributed by atoms with Gasteiger partial charge in [0.05, 0.1) is 12.3 Å². The fraction of sp³-hybridized carbons (Fsp3) is 0.600. The predicted molar refractivity (Wildman–Crippen MR) is 47.7 cm³/mol. The van der Waals surface area contributed by atoms with Crippen molar-refractivity contribution in [2.24, 2.45) is 11.1 Å². The molecule has 12 heavy (non-hydrogen) atoms. The van der Waals surface area contributed by atoms with Crippen LogP contribution in [0, 0.1) is 12.3 Å². The Hall–Kier alpha value is -0.760. The van der Waals surface area contributed by atoms with Gasteiger partial charge < -0.3 is 10.2 Å². The van der Waals surface area contributed by atoms with E-state index in [1.165, 1.54) is 12.8 Å². The maximum Gasteiger partial charge on any atom is 0.121 e. The second kappa shape index (κ2) is 2.36. The average molecular weight is 165 g/mol. The highest BCUT2D eigenvalue weighted by atomic mass is 16.3. The molecule has 2 heteroatoms. The topological polar surface area (TPSA) is 39.2 Å². The van der Waals surface area contributed by atoms with Gasteiger partial charge in [0.25, 0.3) is 0 Å². The first-order valence-electron chi connectivity index (χ1n) is 4.42. The van der Waals surface area contributed by atoms with E-state index in [9.17, 15) is 0 Å². The Bertz CT molecular complexity index is 286. The molecule has 1 aromatic heterocycles. The van der Waals surface area contributed by atoms with Crippen LogP contribution in [0.4, 0.5) is 0 Å². The van der Waals surface area contributed by atoms with Gasteiger partial charge in [0.15, 0.2) is 0 Å². The normalized spacial score (nSPS) is 22.2. The molecule has 0 bridgehead atoms. The molecule has 0 aliphatic heterocycles. The number of aryl methyl sites for hydroxylation is 1. The van der Waals surface area contributed by atoms with E-state index in [0.717, 1.165) is 11.3 Å². The van der Waals surface area contributed by atoms with E-state index >= 15 is 0 Å². The third-order valence-corrected chi connectivity index (χ3v) is 2.85. The van der Waals surface area contributed by atoms with Gasteiger partial charge in [-0.2, -0.15) is 0 Å². The van der Waals surface area contributed by atoms with Crippen molar-refractivity contribution in [2.75, 3.05) is 0 Å². The van der Waals surface area contributed by atoms with Crippen LogP contribution in [0.1, 0.15) is 37.1 Å². The van der Waals surface area contributed by atoms with Crippen LogP contribution in [-0.2, 0) is 0 Å². The molecular weight excluding hydrogens is 150 g/mol. The van der Waals surface area contributed by atoms with Crippen molar-refractivity contribution in [2.45, 2.75) is 32.7 Å². The van der Waals surface area contributed by atoms with Crippen LogP contribution < -0.4 is 5.73 Å². The van der Waals surface area contributed by atoms with Gasteiger partial charge in [-0.05, 0) is 36.8 Å². The first kappa shape index (κ1) is 7.87. The Kier molecular flexibility index (Phi) is 1.55. The third kappa shape index (κ3) is 1.16. The smallest absolute Gasteiger partial charge is 0.121 e. The number of hydrogen-bond donors (Lipinski definition) is 1. The molecule has 2 rings (SSSR count). The number of nitrogens with two attached hydrogens (primary N) is 1. The minimum Gasteiger partial charge on any atom is -0.467 e. The summed E-state index contributed by atoms with van der Waals surface area (Å²) in [5, 5.41) is 0. The largest absolute Gasteiger partial charge is 0.467 e. The van der Waals surface area contributed by atoms with Crippen molar-refractivity contribution < 1.29 is 4.42 Å². The van der Waals surface area contributed by atoms with Gasteiger partial charge in [0, 0.05) is 0 Å². The second-order valence-electron chi connectivity index (χ2n) is 4.16. The van der Waals surface area contributed by atoms with E-state index in [2.05, 4.69) is 6.92 Å². The van der Waals surface area contributed by atoms with E-state index in [1.807, 2.05) is 13.0 Å². The summed E-state index contributed by atoms with van der Waals surface area (Å²) in [6.45, 7) is 4.24. The number of hydrogen-bond acceptors (Lipinski definition) is 2. The van der Waals surface area contributed by atoms with E-state index < -0.39 is 0 Å². The zero-order chi connectivity index (χ0) is 8.77. The summed E-state index contributed by atoms with van der Waals surface area (Å²) >= 11 is 0. The SMILES string of the molecule is Cc1coc([C@H](N)C2(C)CC2)c1. The Labute approximate surface area is 72.7 Å². The highest BCUT2D eigenvalue weighted by Crippen LogP contribution is 2.53. The van der Waals surface area contributed by atoms with E-state index in [1.54, 1.807) is 6.26 Å². The van der Waals surface area contributed by atoms with E-state index in [0.29, 0.717) is 5.41 Å². The quantitative estimate of drug-likeness (QED) is 0.730. The van der Waals surface area contributed by atoms with Gasteiger partial charge in [-0.15, -0.1) is 0 Å². The lowest BCUT2D eigenvalue weighted by Gasteiger charge is -2.15. The molecule has 1 saturated carbocycles. The Morgan fingerprint density at radius 1 is 1.58 bits per heavy atom.